The second kappa shape index (κ2) is 11.6. The molecule has 0 aliphatic carbocycles. The Morgan fingerprint density at radius 2 is 1.77 bits per heavy atom. The normalized spacial score (nSPS) is 12.9. The molecule has 4 heterocycles. The van der Waals surface area contributed by atoms with E-state index in [9.17, 15) is 4.79 Å². The fourth-order valence-corrected chi connectivity index (χ4v) is 5.31. The lowest BCUT2D eigenvalue weighted by atomic mass is 10.0. The third-order valence-electron chi connectivity index (χ3n) is 7.40. The maximum Gasteiger partial charge on any atom is 0.293 e. The van der Waals surface area contributed by atoms with E-state index in [4.69, 9.17) is 15.5 Å². The van der Waals surface area contributed by atoms with Gasteiger partial charge in [-0.3, -0.25) is 4.79 Å². The highest BCUT2D eigenvalue weighted by molar-refractivity contribution is 5.95. The first kappa shape index (κ1) is 26.8. The summed E-state index contributed by atoms with van der Waals surface area (Å²) in [4.78, 5) is 15.7. The molecule has 13 nitrogen and oxygen atoms in total. The lowest BCUT2D eigenvalue weighted by Crippen LogP contribution is -2.31. The van der Waals surface area contributed by atoms with E-state index in [0.29, 0.717) is 12.2 Å². The lowest BCUT2D eigenvalue weighted by Gasteiger charge is -2.31. The molecule has 13 heteroatoms. The number of hydrogen-bond donors (Lipinski definition) is 2. The molecule has 44 heavy (non-hydrogen) atoms. The quantitative estimate of drug-likeness (QED) is 0.200. The summed E-state index contributed by atoms with van der Waals surface area (Å²) < 4.78 is 7.97. The van der Waals surface area contributed by atoms with Crippen LogP contribution in [0.3, 0.4) is 0 Å². The van der Waals surface area contributed by atoms with E-state index in [-0.39, 0.29) is 17.3 Å². The number of carbonyl (C=O) groups excluding carboxylic acids is 1. The Bertz CT molecular complexity index is 1940. The summed E-state index contributed by atoms with van der Waals surface area (Å²) in [7, 11) is 0. The summed E-state index contributed by atoms with van der Waals surface area (Å²) in [5, 5.41) is 25.0. The highest BCUT2D eigenvalue weighted by atomic mass is 16.6. The van der Waals surface area contributed by atoms with E-state index >= 15 is 0 Å². The number of nitrogen functional groups attached to an aromatic ring is 1. The predicted molar refractivity (Wildman–Crippen MR) is 164 cm³/mol. The van der Waals surface area contributed by atoms with Crippen molar-refractivity contribution in [3.8, 4) is 22.8 Å². The lowest BCUT2D eigenvalue weighted by molar-refractivity contribution is 0.0949. The zero-order chi connectivity index (χ0) is 29.9. The molecule has 3 aromatic heterocycles. The van der Waals surface area contributed by atoms with Crippen LogP contribution in [0.4, 0.5) is 11.5 Å². The molecule has 3 N–H and O–H groups in total. The van der Waals surface area contributed by atoms with Gasteiger partial charge in [-0.2, -0.15) is 14.9 Å². The number of nitrogens with two attached hydrogens (primary N) is 1. The minimum atomic E-state index is -0.542. The van der Waals surface area contributed by atoms with Crippen LogP contribution in [0.25, 0.3) is 22.8 Å². The molecule has 0 fully saturated rings. The second-order valence-electron chi connectivity index (χ2n) is 10.2. The number of aryl methyl sites for hydroxylation is 1. The summed E-state index contributed by atoms with van der Waals surface area (Å²) in [6.45, 7) is 1.12. The molecule has 6 aromatic rings. The van der Waals surface area contributed by atoms with Crippen LogP contribution in [0.1, 0.15) is 33.7 Å². The summed E-state index contributed by atoms with van der Waals surface area (Å²) in [5.74, 6) is -0.357. The number of amides is 1. The number of nitrogens with one attached hydrogen (secondary N) is 1. The van der Waals surface area contributed by atoms with Gasteiger partial charge in [-0.15, -0.1) is 5.10 Å². The summed E-state index contributed by atoms with van der Waals surface area (Å²) >= 11 is 0. The number of benzene rings is 3. The second-order valence-corrected chi connectivity index (χ2v) is 10.2. The van der Waals surface area contributed by atoms with Crippen molar-refractivity contribution >= 4 is 23.6 Å². The average Bonchev–Trinajstić information content (AvgIpc) is 3.80. The number of rotatable bonds is 8. The number of anilines is 2. The highest BCUT2D eigenvalue weighted by Crippen LogP contribution is 2.29. The molecule has 1 aliphatic heterocycles. The van der Waals surface area contributed by atoms with E-state index < -0.39 is 5.91 Å². The minimum absolute atomic E-state index is 0.0315. The Labute approximate surface area is 251 Å². The van der Waals surface area contributed by atoms with Crippen LogP contribution in [-0.2, 0) is 13.0 Å². The van der Waals surface area contributed by atoms with Crippen molar-refractivity contribution in [2.45, 2.75) is 19.4 Å². The SMILES string of the molecule is Nc1nonc1-n1nnc(C(=O)N/N=C\c2cn(-c3ccccc3)nc2-c2ccccc2)c1CN1CCCc2ccccc21. The monoisotopic (exact) mass is 585 g/mol. The first-order chi connectivity index (χ1) is 21.7. The Morgan fingerprint density at radius 3 is 2.57 bits per heavy atom. The molecule has 0 radical (unpaired) electrons. The van der Waals surface area contributed by atoms with Gasteiger partial charge < -0.3 is 10.6 Å². The fraction of sp³-hybridized carbons (Fsp3) is 0.129. The molecule has 0 unspecified atom stereocenters. The van der Waals surface area contributed by atoms with Crippen LogP contribution in [0.2, 0.25) is 0 Å². The van der Waals surface area contributed by atoms with Crippen molar-refractivity contribution in [3.63, 3.8) is 0 Å². The van der Waals surface area contributed by atoms with Crippen LogP contribution in [-0.4, -0.2) is 53.8 Å². The molecule has 7 rings (SSSR count). The van der Waals surface area contributed by atoms with E-state index in [1.807, 2.05) is 79.0 Å². The first-order valence-corrected chi connectivity index (χ1v) is 14.1. The molecule has 3 aromatic carbocycles. The van der Waals surface area contributed by atoms with Gasteiger partial charge >= 0.3 is 0 Å². The van der Waals surface area contributed by atoms with Gasteiger partial charge in [0.15, 0.2) is 5.69 Å². The summed E-state index contributed by atoms with van der Waals surface area (Å²) in [6, 6.07) is 27.8. The maximum atomic E-state index is 13.5. The van der Waals surface area contributed by atoms with Gasteiger partial charge in [-0.05, 0) is 46.9 Å². The standard InChI is InChI=1S/C31H27N11O2/c32-29-30(38-44-37-29)42-26(20-40-17-9-13-21-10-7-8-16-25(21)40)28(34-39-42)31(43)35-33-18-23-19-41(24-14-5-2-6-15-24)36-27(23)22-11-3-1-4-12-22/h1-8,10-12,14-16,18-19H,9,13,17,20H2,(H2,32,37)(H,35,43)/b33-18-. The van der Waals surface area contributed by atoms with E-state index in [2.05, 4.69) is 48.2 Å². The molecule has 0 spiro atoms. The summed E-state index contributed by atoms with van der Waals surface area (Å²) in [5.41, 5.74) is 14.7. The molecule has 1 amide bonds. The third-order valence-corrected chi connectivity index (χ3v) is 7.40. The maximum absolute atomic E-state index is 13.5. The van der Waals surface area contributed by atoms with Gasteiger partial charge in [-0.25, -0.2) is 14.7 Å². The molecule has 1 aliphatic rings. The highest BCUT2D eigenvalue weighted by Gasteiger charge is 2.27. The smallest absolute Gasteiger partial charge is 0.293 e. The largest absolute Gasteiger partial charge is 0.378 e. The number of para-hydroxylation sites is 2. The number of aromatic nitrogens is 7. The minimum Gasteiger partial charge on any atom is -0.378 e. The molecule has 218 valence electrons. The number of hydrazone groups is 1. The van der Waals surface area contributed by atoms with Crippen molar-refractivity contribution < 1.29 is 9.42 Å². The van der Waals surface area contributed by atoms with Crippen molar-refractivity contribution in [3.05, 3.63) is 114 Å². The third kappa shape index (κ3) is 5.17. The zero-order valence-electron chi connectivity index (χ0n) is 23.5. The van der Waals surface area contributed by atoms with Gasteiger partial charge in [0.1, 0.15) is 5.69 Å². The Morgan fingerprint density at radius 1 is 1.00 bits per heavy atom. The molecule has 0 saturated carbocycles. The molecule has 0 saturated heterocycles. The number of carbonyl (C=O) groups is 1. The van der Waals surface area contributed by atoms with Gasteiger partial charge in [0.25, 0.3) is 5.91 Å². The fourth-order valence-electron chi connectivity index (χ4n) is 5.31. The first-order valence-electron chi connectivity index (χ1n) is 14.1. The van der Waals surface area contributed by atoms with Crippen molar-refractivity contribution in [2.24, 2.45) is 5.10 Å². The van der Waals surface area contributed by atoms with Crippen LogP contribution in [0, 0.1) is 0 Å². The Kier molecular flexibility index (Phi) is 7.08. The van der Waals surface area contributed by atoms with E-state index in [1.54, 1.807) is 10.9 Å². The number of nitrogens with zero attached hydrogens (tertiary/aromatic N) is 9. The summed E-state index contributed by atoms with van der Waals surface area (Å²) in [6.07, 6.45) is 5.39. The topological polar surface area (TPSA) is 158 Å². The average molecular weight is 586 g/mol. The van der Waals surface area contributed by atoms with Crippen molar-refractivity contribution in [1.29, 1.82) is 0 Å². The predicted octanol–water partition coefficient (Wildman–Crippen LogP) is 3.80. The van der Waals surface area contributed by atoms with Crippen LogP contribution in [0.15, 0.2) is 101 Å². The van der Waals surface area contributed by atoms with E-state index in [1.165, 1.54) is 10.2 Å². The van der Waals surface area contributed by atoms with Crippen molar-refractivity contribution in [2.75, 3.05) is 17.2 Å². The van der Waals surface area contributed by atoms with Gasteiger partial charge in [-0.1, -0.05) is 71.9 Å². The molecular formula is C31H27N11O2. The molecule has 0 bridgehead atoms. The molecular weight excluding hydrogens is 558 g/mol. The van der Waals surface area contributed by atoms with Gasteiger partial charge in [0.2, 0.25) is 11.6 Å². The molecule has 0 atom stereocenters. The Balaban J connectivity index is 1.19. The van der Waals surface area contributed by atoms with Crippen molar-refractivity contribution in [1.82, 2.24) is 40.5 Å². The van der Waals surface area contributed by atoms with Crippen LogP contribution >= 0.6 is 0 Å². The van der Waals surface area contributed by atoms with Gasteiger partial charge in [0, 0.05) is 29.6 Å². The number of fused-ring (bicyclic) bond motifs is 1. The van der Waals surface area contributed by atoms with E-state index in [0.717, 1.165) is 47.6 Å². The van der Waals surface area contributed by atoms with Crippen LogP contribution in [0.5, 0.6) is 0 Å². The zero-order valence-corrected chi connectivity index (χ0v) is 23.5. The Hall–Kier alpha value is -6.11. The van der Waals surface area contributed by atoms with Gasteiger partial charge in [0.05, 0.1) is 24.1 Å². The van der Waals surface area contributed by atoms with Crippen LogP contribution < -0.4 is 16.1 Å². The number of hydrogen-bond acceptors (Lipinski definition) is 10.